The molecule has 0 atom stereocenters. The van der Waals surface area contributed by atoms with Crippen LogP contribution in [0.2, 0.25) is 0 Å². The van der Waals surface area contributed by atoms with Crippen LogP contribution in [0.25, 0.3) is 16.6 Å². The molecule has 2 aromatic carbocycles. The molecule has 30 heavy (non-hydrogen) atoms. The first kappa shape index (κ1) is 23.4. The number of hydrogen-bond donors (Lipinski definition) is 1. The first-order valence-corrected chi connectivity index (χ1v) is 10.9. The Kier molecular flexibility index (Phi) is 8.87. The maximum absolute atomic E-state index is 11.9. The number of primary amides is 1. The Balaban J connectivity index is 0.000000757. The molecule has 0 bridgehead atoms. The molecule has 1 aliphatic rings. The minimum absolute atomic E-state index is 0.259. The molecule has 2 N–H and O–H groups in total. The predicted octanol–water partition coefficient (Wildman–Crippen LogP) is 4.57. The number of hydrogen-bond acceptors (Lipinski definition) is 4. The largest absolute Gasteiger partial charge is 0.492 e. The zero-order valence-corrected chi connectivity index (χ0v) is 18.8. The van der Waals surface area contributed by atoms with Gasteiger partial charge in [0.05, 0.1) is 11.2 Å². The van der Waals surface area contributed by atoms with Crippen molar-refractivity contribution in [3.63, 3.8) is 0 Å². The van der Waals surface area contributed by atoms with Gasteiger partial charge in [0.2, 0.25) is 0 Å². The molecule has 0 aliphatic carbocycles. The highest BCUT2D eigenvalue weighted by Gasteiger charge is 2.17. The fraction of sp³-hybridized carbons (Fsp3) is 0.417. The van der Waals surface area contributed by atoms with Crippen LogP contribution in [0.5, 0.6) is 5.75 Å². The topological polar surface area (TPSA) is 73.4 Å². The van der Waals surface area contributed by atoms with Gasteiger partial charge in [-0.25, -0.2) is 4.68 Å². The van der Waals surface area contributed by atoms with Crippen LogP contribution in [0.3, 0.4) is 0 Å². The average Bonchev–Trinajstić information content (AvgIpc) is 3.12. The first-order valence-electron chi connectivity index (χ1n) is 10.9. The van der Waals surface area contributed by atoms with Gasteiger partial charge in [-0.3, -0.25) is 9.69 Å². The van der Waals surface area contributed by atoms with Crippen LogP contribution in [-0.4, -0.2) is 46.8 Å². The summed E-state index contributed by atoms with van der Waals surface area (Å²) in [4.78, 5) is 14.2. The van der Waals surface area contributed by atoms with Crippen molar-refractivity contribution in [1.29, 1.82) is 0 Å². The second-order valence-electron chi connectivity index (χ2n) is 6.69. The molecule has 3 aromatic rings. The second-order valence-corrected chi connectivity index (χ2v) is 6.69. The van der Waals surface area contributed by atoms with Gasteiger partial charge in [-0.05, 0) is 62.3 Å². The lowest BCUT2D eigenvalue weighted by Gasteiger charge is -2.30. The lowest BCUT2D eigenvalue weighted by atomic mass is 10.2. The van der Waals surface area contributed by atoms with Gasteiger partial charge in [-0.2, -0.15) is 5.10 Å². The normalized spacial score (nSPS) is 12.8. The van der Waals surface area contributed by atoms with Crippen molar-refractivity contribution >= 4 is 16.8 Å². The highest BCUT2D eigenvalue weighted by atomic mass is 16.5. The molecule has 1 saturated heterocycles. The van der Waals surface area contributed by atoms with Crippen LogP contribution in [0.1, 0.15) is 50.2 Å². The molecule has 1 aromatic heterocycles. The quantitative estimate of drug-likeness (QED) is 0.646. The van der Waals surface area contributed by atoms with E-state index in [9.17, 15) is 4.79 Å². The lowest BCUT2D eigenvalue weighted by Crippen LogP contribution is -2.39. The number of nitrogens with two attached hydrogens (primary N) is 1. The number of carbonyl (C=O) groups excluding carboxylic acids is 1. The number of carbonyl (C=O) groups is 1. The van der Waals surface area contributed by atoms with Gasteiger partial charge >= 0.3 is 0 Å². The average molecular weight is 411 g/mol. The maximum Gasteiger partial charge on any atom is 0.269 e. The van der Waals surface area contributed by atoms with Gasteiger partial charge < -0.3 is 10.5 Å². The molecule has 2 heterocycles. The maximum atomic E-state index is 11.9. The molecule has 1 aliphatic heterocycles. The minimum atomic E-state index is -0.542. The monoisotopic (exact) mass is 410 g/mol. The van der Waals surface area contributed by atoms with Crippen LogP contribution >= 0.6 is 0 Å². The molecular weight excluding hydrogens is 376 g/mol. The molecule has 6 heteroatoms. The van der Waals surface area contributed by atoms with E-state index in [2.05, 4.69) is 10.00 Å². The van der Waals surface area contributed by atoms with Gasteiger partial charge in [0.1, 0.15) is 12.4 Å². The van der Waals surface area contributed by atoms with E-state index in [0.717, 1.165) is 42.2 Å². The molecule has 0 saturated carbocycles. The second kappa shape index (κ2) is 11.4. The number of ether oxygens (including phenoxy) is 1. The summed E-state index contributed by atoms with van der Waals surface area (Å²) in [5.74, 6) is 0.184. The summed E-state index contributed by atoms with van der Waals surface area (Å²) in [6, 6.07) is 13.7. The summed E-state index contributed by atoms with van der Waals surface area (Å²) in [5, 5.41) is 5.16. The molecule has 162 valence electrons. The summed E-state index contributed by atoms with van der Waals surface area (Å²) >= 11 is 0. The number of amides is 1. The molecule has 1 fully saturated rings. The number of benzene rings is 2. The summed E-state index contributed by atoms with van der Waals surface area (Å²) in [6.07, 6.45) is 1.27. The van der Waals surface area contributed by atoms with Gasteiger partial charge in [0.25, 0.3) is 5.91 Å². The standard InChI is InChI=1S/C20H22N4O2.2C2H6/c1-14-4-2-5-15(12-14)24-18-7-6-16(26-11-10-23-8-3-9-23)13-17(18)19(22-24)20(21)25;2*1-2/h2,4-7,12-13H,3,8-11H2,1H3,(H2,21,25);2*1-2H3. The zero-order valence-electron chi connectivity index (χ0n) is 18.8. The summed E-state index contributed by atoms with van der Waals surface area (Å²) < 4.78 is 7.61. The molecule has 0 unspecified atom stereocenters. The van der Waals surface area contributed by atoms with Gasteiger partial charge in [0, 0.05) is 11.9 Å². The number of aromatic nitrogens is 2. The molecule has 0 radical (unpaired) electrons. The highest BCUT2D eigenvalue weighted by molar-refractivity contribution is 6.04. The molecule has 0 spiro atoms. The predicted molar refractivity (Wildman–Crippen MR) is 124 cm³/mol. The van der Waals surface area contributed by atoms with Crippen molar-refractivity contribution in [2.75, 3.05) is 26.2 Å². The molecular formula is C24H34N4O2. The third-order valence-corrected chi connectivity index (χ3v) is 4.76. The molecule has 6 nitrogen and oxygen atoms in total. The number of aryl methyl sites for hydroxylation is 1. The molecule has 1 amide bonds. The van der Waals surface area contributed by atoms with Crippen LogP contribution < -0.4 is 10.5 Å². The summed E-state index contributed by atoms with van der Waals surface area (Å²) in [7, 11) is 0. The Labute approximate surface area is 179 Å². The van der Waals surface area contributed by atoms with Crippen molar-refractivity contribution in [1.82, 2.24) is 14.7 Å². The number of likely N-dealkylation sites (tertiary alicyclic amines) is 1. The van der Waals surface area contributed by atoms with Gasteiger partial charge in [0.15, 0.2) is 5.69 Å². The Morgan fingerprint density at radius 1 is 1.10 bits per heavy atom. The third kappa shape index (κ3) is 5.39. The van der Waals surface area contributed by atoms with E-state index in [-0.39, 0.29) is 5.69 Å². The Morgan fingerprint density at radius 2 is 1.83 bits per heavy atom. The molecule has 4 rings (SSSR count). The summed E-state index contributed by atoms with van der Waals surface area (Å²) in [5.41, 5.74) is 8.67. The number of rotatable bonds is 6. The van der Waals surface area contributed by atoms with E-state index in [0.29, 0.717) is 12.0 Å². The van der Waals surface area contributed by atoms with E-state index in [1.807, 2.05) is 77.1 Å². The van der Waals surface area contributed by atoms with Crippen molar-refractivity contribution in [2.45, 2.75) is 41.0 Å². The van der Waals surface area contributed by atoms with Crippen molar-refractivity contribution in [2.24, 2.45) is 5.73 Å². The number of nitrogens with zero attached hydrogens (tertiary/aromatic N) is 3. The third-order valence-electron chi connectivity index (χ3n) is 4.76. The van der Waals surface area contributed by atoms with E-state index in [4.69, 9.17) is 10.5 Å². The fourth-order valence-corrected chi connectivity index (χ4v) is 3.22. The van der Waals surface area contributed by atoms with Crippen LogP contribution in [0.4, 0.5) is 0 Å². The zero-order chi connectivity index (χ0) is 22.1. The van der Waals surface area contributed by atoms with Crippen molar-refractivity contribution in [3.05, 3.63) is 53.7 Å². The van der Waals surface area contributed by atoms with Gasteiger partial charge in [-0.15, -0.1) is 0 Å². The Morgan fingerprint density at radius 3 is 2.43 bits per heavy atom. The lowest BCUT2D eigenvalue weighted by molar-refractivity contribution is 0.0996. The Bertz CT molecular complexity index is 961. The first-order chi connectivity index (χ1) is 14.6. The van der Waals surface area contributed by atoms with E-state index in [1.165, 1.54) is 6.42 Å². The fourth-order valence-electron chi connectivity index (χ4n) is 3.22. The minimum Gasteiger partial charge on any atom is -0.492 e. The van der Waals surface area contributed by atoms with Crippen molar-refractivity contribution < 1.29 is 9.53 Å². The smallest absolute Gasteiger partial charge is 0.269 e. The van der Waals surface area contributed by atoms with E-state index < -0.39 is 5.91 Å². The van der Waals surface area contributed by atoms with Crippen LogP contribution in [-0.2, 0) is 0 Å². The van der Waals surface area contributed by atoms with Crippen LogP contribution in [0, 0.1) is 6.92 Å². The highest BCUT2D eigenvalue weighted by Crippen LogP contribution is 2.27. The SMILES string of the molecule is CC.CC.Cc1cccc(-n2nc(C(N)=O)c3cc(OCCN4CCC4)ccc32)c1. The number of fused-ring (bicyclic) bond motifs is 1. The summed E-state index contributed by atoms with van der Waals surface area (Å²) in [6.45, 7) is 13.9. The van der Waals surface area contributed by atoms with E-state index in [1.54, 1.807) is 4.68 Å². The van der Waals surface area contributed by atoms with E-state index >= 15 is 0 Å². The Hall–Kier alpha value is -2.86. The van der Waals surface area contributed by atoms with Crippen molar-refractivity contribution in [3.8, 4) is 11.4 Å². The van der Waals surface area contributed by atoms with Gasteiger partial charge in [-0.1, -0.05) is 39.8 Å². The van der Waals surface area contributed by atoms with Crippen LogP contribution in [0.15, 0.2) is 42.5 Å².